The molecule has 0 bridgehead atoms. The molecule has 0 unspecified atom stereocenters. The lowest BCUT2D eigenvalue weighted by molar-refractivity contribution is -0.0141. The van der Waals surface area contributed by atoms with Crippen LogP contribution in [0.5, 0.6) is 0 Å². The van der Waals surface area contributed by atoms with Gasteiger partial charge in [0.2, 0.25) is 0 Å². The van der Waals surface area contributed by atoms with Gasteiger partial charge in [0.05, 0.1) is 0 Å². The van der Waals surface area contributed by atoms with Crippen LogP contribution in [0.25, 0.3) is 0 Å². The van der Waals surface area contributed by atoms with E-state index in [1.165, 1.54) is 13.1 Å². The van der Waals surface area contributed by atoms with Crippen LogP contribution in [0.4, 0.5) is 0 Å². The zero-order chi connectivity index (χ0) is 10.2. The summed E-state index contributed by atoms with van der Waals surface area (Å²) in [5.41, 5.74) is 0.306. The molecular formula is C11H24N2. The van der Waals surface area contributed by atoms with Crippen LogP contribution in [0.3, 0.4) is 0 Å². The summed E-state index contributed by atoms with van der Waals surface area (Å²) in [7, 11) is 2.22. The van der Waals surface area contributed by atoms with E-state index in [-0.39, 0.29) is 0 Å². The predicted molar refractivity (Wildman–Crippen MR) is 58.0 cm³/mol. The van der Waals surface area contributed by atoms with Crippen LogP contribution < -0.4 is 0 Å². The number of hydrogen-bond donors (Lipinski definition) is 0. The molecule has 13 heavy (non-hydrogen) atoms. The van der Waals surface area contributed by atoms with Crippen molar-refractivity contribution in [3.8, 4) is 0 Å². The van der Waals surface area contributed by atoms with Crippen molar-refractivity contribution < 1.29 is 0 Å². The highest BCUT2D eigenvalue weighted by atomic mass is 15.3. The SMILES string of the molecule is C[C@@H]1CN(C)C[C@@H](C)N1C(C)(C)C. The van der Waals surface area contributed by atoms with Crippen LogP contribution >= 0.6 is 0 Å². The van der Waals surface area contributed by atoms with E-state index in [9.17, 15) is 0 Å². The Balaban J connectivity index is 2.73. The second-order valence-corrected chi connectivity index (χ2v) is 5.50. The van der Waals surface area contributed by atoms with Crippen LogP contribution in [0, 0.1) is 0 Å². The molecule has 0 aromatic rings. The molecule has 1 saturated heterocycles. The largest absolute Gasteiger partial charge is 0.303 e. The number of nitrogens with zero attached hydrogens (tertiary/aromatic N) is 2. The van der Waals surface area contributed by atoms with Gasteiger partial charge in [0.25, 0.3) is 0 Å². The summed E-state index contributed by atoms with van der Waals surface area (Å²) in [4.78, 5) is 5.06. The maximum absolute atomic E-state index is 2.63. The molecule has 1 heterocycles. The van der Waals surface area contributed by atoms with Crippen molar-refractivity contribution in [1.82, 2.24) is 9.80 Å². The Morgan fingerprint density at radius 3 is 1.69 bits per heavy atom. The van der Waals surface area contributed by atoms with Gasteiger partial charge >= 0.3 is 0 Å². The average Bonchev–Trinajstić information content (AvgIpc) is 1.78. The molecule has 2 atom stereocenters. The molecule has 0 saturated carbocycles. The van der Waals surface area contributed by atoms with Crippen molar-refractivity contribution >= 4 is 0 Å². The summed E-state index contributed by atoms with van der Waals surface area (Å²) in [6, 6.07) is 1.35. The molecule has 0 spiro atoms. The summed E-state index contributed by atoms with van der Waals surface area (Å²) in [5.74, 6) is 0. The molecule has 0 aromatic heterocycles. The van der Waals surface area contributed by atoms with Crippen LogP contribution in [0.2, 0.25) is 0 Å². The molecule has 0 amide bonds. The van der Waals surface area contributed by atoms with Crippen molar-refractivity contribution in [3.63, 3.8) is 0 Å². The van der Waals surface area contributed by atoms with E-state index >= 15 is 0 Å². The van der Waals surface area contributed by atoms with Gasteiger partial charge in [-0.1, -0.05) is 0 Å². The number of likely N-dealkylation sites (N-methyl/N-ethyl adjacent to an activating group) is 1. The highest BCUT2D eigenvalue weighted by Crippen LogP contribution is 2.24. The van der Waals surface area contributed by atoms with Crippen molar-refractivity contribution in [3.05, 3.63) is 0 Å². The Hall–Kier alpha value is -0.0800. The first-order chi connectivity index (χ1) is 5.82. The van der Waals surface area contributed by atoms with Crippen molar-refractivity contribution in [2.24, 2.45) is 0 Å². The van der Waals surface area contributed by atoms with Crippen LogP contribution in [-0.4, -0.2) is 47.6 Å². The highest BCUT2D eigenvalue weighted by molar-refractivity contribution is 4.90. The van der Waals surface area contributed by atoms with Gasteiger partial charge in [-0.15, -0.1) is 0 Å². The van der Waals surface area contributed by atoms with Crippen molar-refractivity contribution in [2.75, 3.05) is 20.1 Å². The fourth-order valence-electron chi connectivity index (χ4n) is 2.91. The number of piperazine rings is 1. The Bertz CT molecular complexity index is 159. The predicted octanol–water partition coefficient (Wildman–Crippen LogP) is 1.81. The van der Waals surface area contributed by atoms with Crippen molar-refractivity contribution in [2.45, 2.75) is 52.2 Å². The van der Waals surface area contributed by atoms with E-state index in [1.807, 2.05) is 0 Å². The summed E-state index contributed by atoms with van der Waals surface area (Å²) in [5, 5.41) is 0. The molecule has 1 aliphatic rings. The molecule has 1 aliphatic heterocycles. The van der Waals surface area contributed by atoms with Crippen LogP contribution in [-0.2, 0) is 0 Å². The molecule has 78 valence electrons. The quantitative estimate of drug-likeness (QED) is 0.566. The van der Waals surface area contributed by atoms with Gasteiger partial charge < -0.3 is 4.90 Å². The maximum atomic E-state index is 2.63. The molecule has 0 N–H and O–H groups in total. The maximum Gasteiger partial charge on any atom is 0.0203 e. The van der Waals surface area contributed by atoms with E-state index in [4.69, 9.17) is 0 Å². The van der Waals surface area contributed by atoms with Crippen molar-refractivity contribution in [1.29, 1.82) is 0 Å². The molecule has 2 nitrogen and oxygen atoms in total. The molecule has 1 rings (SSSR count). The molecule has 0 aliphatic carbocycles. The van der Waals surface area contributed by atoms with Gasteiger partial charge in [-0.3, -0.25) is 4.90 Å². The Morgan fingerprint density at radius 2 is 1.38 bits per heavy atom. The van der Waals surface area contributed by atoms with Gasteiger partial charge in [0.1, 0.15) is 0 Å². The fraction of sp³-hybridized carbons (Fsp3) is 1.00. The lowest BCUT2D eigenvalue weighted by atomic mass is 9.97. The zero-order valence-electron chi connectivity index (χ0n) is 9.96. The summed E-state index contributed by atoms with van der Waals surface area (Å²) in [6.45, 7) is 14.0. The minimum Gasteiger partial charge on any atom is -0.303 e. The van der Waals surface area contributed by atoms with E-state index in [1.54, 1.807) is 0 Å². The lowest BCUT2D eigenvalue weighted by Crippen LogP contribution is -2.61. The Morgan fingerprint density at radius 1 is 1.00 bits per heavy atom. The Labute approximate surface area is 82.9 Å². The second-order valence-electron chi connectivity index (χ2n) is 5.50. The van der Waals surface area contributed by atoms with E-state index < -0.39 is 0 Å². The molecule has 1 fully saturated rings. The van der Waals surface area contributed by atoms with Gasteiger partial charge in [-0.2, -0.15) is 0 Å². The topological polar surface area (TPSA) is 6.48 Å². The van der Waals surface area contributed by atoms with Crippen LogP contribution in [0.15, 0.2) is 0 Å². The minimum absolute atomic E-state index is 0.306. The highest BCUT2D eigenvalue weighted by Gasteiger charge is 2.34. The first-order valence-corrected chi connectivity index (χ1v) is 5.29. The zero-order valence-corrected chi connectivity index (χ0v) is 9.96. The second kappa shape index (κ2) is 3.58. The van der Waals surface area contributed by atoms with E-state index in [2.05, 4.69) is 51.5 Å². The standard InChI is InChI=1S/C11H24N2/c1-9-7-12(6)8-10(2)13(9)11(3,4)5/h9-10H,7-8H2,1-6H3/t9-,10-/m1/s1. The average molecular weight is 184 g/mol. The van der Waals surface area contributed by atoms with Gasteiger partial charge in [-0.05, 0) is 41.7 Å². The summed E-state index contributed by atoms with van der Waals surface area (Å²) < 4.78 is 0. The third-order valence-electron chi connectivity index (χ3n) is 2.88. The molecule has 2 heteroatoms. The number of hydrogen-bond acceptors (Lipinski definition) is 2. The molecule has 0 radical (unpaired) electrons. The third-order valence-corrected chi connectivity index (χ3v) is 2.88. The normalized spacial score (nSPS) is 33.7. The smallest absolute Gasteiger partial charge is 0.0203 e. The molecular weight excluding hydrogens is 160 g/mol. The lowest BCUT2D eigenvalue weighted by Gasteiger charge is -2.50. The van der Waals surface area contributed by atoms with Gasteiger partial charge in [0.15, 0.2) is 0 Å². The first-order valence-electron chi connectivity index (χ1n) is 5.29. The van der Waals surface area contributed by atoms with E-state index in [0.29, 0.717) is 17.6 Å². The summed E-state index contributed by atoms with van der Waals surface area (Å²) in [6.07, 6.45) is 0. The van der Waals surface area contributed by atoms with E-state index in [0.717, 1.165) is 0 Å². The van der Waals surface area contributed by atoms with Gasteiger partial charge in [0, 0.05) is 30.7 Å². The van der Waals surface area contributed by atoms with Gasteiger partial charge in [-0.25, -0.2) is 0 Å². The monoisotopic (exact) mass is 184 g/mol. The Kier molecular flexibility index (Phi) is 3.03. The summed E-state index contributed by atoms with van der Waals surface area (Å²) >= 11 is 0. The van der Waals surface area contributed by atoms with Crippen LogP contribution in [0.1, 0.15) is 34.6 Å². The fourth-order valence-corrected chi connectivity index (χ4v) is 2.91. The third kappa shape index (κ3) is 2.44. The first kappa shape index (κ1) is 11.0. The molecule has 0 aromatic carbocycles. The minimum atomic E-state index is 0.306. The number of rotatable bonds is 0.